The fourth-order valence-corrected chi connectivity index (χ4v) is 65.6. The summed E-state index contributed by atoms with van der Waals surface area (Å²) in [7, 11) is -45.7. The smallest absolute Gasteiger partial charge is 0.416 e. The summed E-state index contributed by atoms with van der Waals surface area (Å²) in [5.41, 5.74) is 21.0. The quantitative estimate of drug-likeness (QED) is 0.0362. The molecule has 0 spiro atoms. The van der Waals surface area contributed by atoms with Gasteiger partial charge >= 0.3 is 70.4 Å². The van der Waals surface area contributed by atoms with Gasteiger partial charge in [0.1, 0.15) is 0 Å². The average molecular weight is 1950 g/mol. The second-order valence-corrected chi connectivity index (χ2v) is 89.6. The first kappa shape index (κ1) is 95.9. The van der Waals surface area contributed by atoms with E-state index in [4.69, 9.17) is 84.8 Å². The Bertz CT molecular complexity index is 4260. The van der Waals surface area contributed by atoms with Crippen molar-refractivity contribution < 1.29 is 84.8 Å². The van der Waals surface area contributed by atoms with Crippen LogP contribution in [-0.4, -0.2) is 194 Å². The molecule has 0 aromatic heterocycles. The van der Waals surface area contributed by atoms with Crippen LogP contribution in [0.3, 0.4) is 0 Å². The molecule has 6 aliphatic rings. The summed E-state index contributed by atoms with van der Waals surface area (Å²) in [5, 5.41) is 8.69. The van der Waals surface area contributed by atoms with Gasteiger partial charge in [0.25, 0.3) is 0 Å². The van der Waals surface area contributed by atoms with Crippen molar-refractivity contribution in [2.45, 2.75) is 105 Å². The Kier molecular flexibility index (Phi) is 28.9. The van der Waals surface area contributed by atoms with E-state index in [9.17, 15) is 0 Å². The first-order valence-corrected chi connectivity index (χ1v) is 79.3. The van der Waals surface area contributed by atoms with Crippen LogP contribution in [0.15, 0.2) is 240 Å². The maximum atomic E-state index is 8.47. The van der Waals surface area contributed by atoms with Gasteiger partial charge in [0.2, 0.25) is 66.5 Å². The molecule has 0 amide bonds. The predicted molar refractivity (Wildman–Crippen MR) is 536 cm³/mol. The second kappa shape index (κ2) is 37.3. The lowest BCUT2D eigenvalue weighted by Crippen LogP contribution is -2.87. The molecule has 8 aromatic rings. The van der Waals surface area contributed by atoms with Gasteiger partial charge < -0.3 is 84.8 Å². The third kappa shape index (κ3) is 21.8. The lowest BCUT2D eigenvalue weighted by atomic mass is 10.2. The molecule has 0 saturated carbocycles. The molecule has 656 valence electrons. The Labute approximate surface area is 751 Å². The minimum absolute atomic E-state index is 0.770. The SMILES string of the molecule is CO[Si](C)(C)c1ccc(C=C[Si]23O[Si]4(C=Cc5ccc([Si](C)(C)OC)cc5)O[Si]5(C=Cc6ccc([Si](C)(C)OC)cc6)O[Si](C=Cc6ccc([Si](C)(C)OC)cc6)(O2)O[Si]2(C=Cc6ccc([Si](C)(C)OC)cc6)O[Si](C=Cc6ccc([Si](C)(C)OC)cc6)(O3)O[Si](C=Cc3ccc([Si](C)(C)OC)cc3)(O4)O[Si](C=Cc3ccc([Si](C)(C)OC)cc3)(O5)O2)cc1. The van der Waals surface area contributed by atoms with Gasteiger partial charge in [-0.25, -0.2) is 0 Å². The molecule has 20 nitrogen and oxygen atoms in total. The van der Waals surface area contributed by atoms with Crippen LogP contribution >= 0.6 is 0 Å². The van der Waals surface area contributed by atoms with Gasteiger partial charge in [-0.2, -0.15) is 0 Å². The van der Waals surface area contributed by atoms with Crippen molar-refractivity contribution in [2.75, 3.05) is 56.9 Å². The largest absolute Gasteiger partial charge is 0.508 e. The second-order valence-electron chi connectivity index (χ2n) is 35.4. The van der Waals surface area contributed by atoms with Gasteiger partial charge in [-0.05, 0) is 236 Å². The van der Waals surface area contributed by atoms with Crippen LogP contribution in [0, 0.1) is 0 Å². The third-order valence-corrected chi connectivity index (χ3v) is 78.1. The first-order valence-electron chi connectivity index (χ1n) is 41.7. The number of hydrogen-bond acceptors (Lipinski definition) is 20. The van der Waals surface area contributed by atoms with Crippen LogP contribution in [0.5, 0.6) is 0 Å². The fraction of sp³-hybridized carbons (Fsp3) is 0.273. The number of hydrogen-bond donors (Lipinski definition) is 0. The van der Waals surface area contributed by atoms with Crippen molar-refractivity contribution in [3.63, 3.8) is 0 Å². The maximum absolute atomic E-state index is 8.47. The summed E-state index contributed by atoms with van der Waals surface area (Å²) in [5.74, 6) is 0. The zero-order chi connectivity index (χ0) is 89.3. The molecule has 14 rings (SSSR count). The minimum atomic E-state index is -5.14. The van der Waals surface area contributed by atoms with Crippen LogP contribution in [0.1, 0.15) is 44.5 Å². The Hall–Kier alpha value is -5.65. The summed E-state index contributed by atoms with van der Waals surface area (Å²) in [4.78, 5) is 0. The van der Waals surface area contributed by atoms with Crippen LogP contribution < -0.4 is 41.5 Å². The lowest BCUT2D eigenvalue weighted by Gasteiger charge is -2.60. The van der Waals surface area contributed by atoms with Crippen LogP contribution in [0.25, 0.3) is 48.6 Å². The molecule has 6 heterocycles. The Morgan fingerprint density at radius 3 is 0.306 bits per heavy atom. The van der Waals surface area contributed by atoms with E-state index in [1.54, 1.807) is 56.9 Å². The van der Waals surface area contributed by atoms with Crippen LogP contribution in [0.2, 0.25) is 105 Å². The predicted octanol–water partition coefficient (Wildman–Crippen LogP) is 14.3. The highest BCUT2D eigenvalue weighted by molar-refractivity contribution is 7.08. The average Bonchev–Trinajstić information content (AvgIpc) is 0.683. The van der Waals surface area contributed by atoms with E-state index in [2.05, 4.69) is 299 Å². The number of benzene rings is 8. The Morgan fingerprint density at radius 2 is 0.234 bits per heavy atom. The molecule has 0 atom stereocenters. The van der Waals surface area contributed by atoms with E-state index in [-0.39, 0.29) is 0 Å². The standard InChI is InChI=1S/C88H120O20Si16/c1-89-109(9,10)81-41-25-73(26-42-81)57-65-117-97-118(66-58-74-27-43-82(44-28-74)110(11,12)90-2)100-121(69-61-77-33-49-85(50-34-77)113(17,18)93-5)102-119(98-117,67-59-75-29-45-83(46-30-75)111(13,14)91-3)104-123(71-63-79-37-53-87(54-38-79)115(21,22)95-7)105-120(99-117,68-60-76-31-47-84(48-32-76)112(15,16)92-4)103-122(101-118,70-62-78-35-51-86(52-36-78)114(19,20)94-6)107-124(106-121,108-123)72-64-80-39-55-88(56-40-80)116(23,24)96-8/h25-72H,1-24H3. The number of rotatable bonds is 32. The lowest BCUT2D eigenvalue weighted by molar-refractivity contribution is -0.00564. The highest BCUT2D eigenvalue weighted by Gasteiger charge is 2.82. The molecule has 8 aromatic carbocycles. The van der Waals surface area contributed by atoms with E-state index in [0.29, 0.717) is 0 Å². The molecule has 8 bridgehead atoms. The maximum Gasteiger partial charge on any atom is 0.508 e. The molecule has 0 N–H and O–H groups in total. The van der Waals surface area contributed by atoms with E-state index in [1.165, 1.54) is 0 Å². The summed E-state index contributed by atoms with van der Waals surface area (Å²) >= 11 is 0. The molecule has 6 aliphatic heterocycles. The Balaban J connectivity index is 1.20. The molecular weight excluding hydrogens is 1830 g/mol. The van der Waals surface area contributed by atoms with E-state index in [1.807, 2.05) is 94.2 Å². The zero-order valence-electron chi connectivity index (χ0n) is 75.9. The van der Waals surface area contributed by atoms with E-state index < -0.39 is 137 Å². The van der Waals surface area contributed by atoms with Gasteiger partial charge in [0.15, 0.2) is 0 Å². The zero-order valence-corrected chi connectivity index (χ0v) is 91.9. The van der Waals surface area contributed by atoms with Gasteiger partial charge in [-0.15, -0.1) is 0 Å². The van der Waals surface area contributed by atoms with Crippen molar-refractivity contribution in [1.82, 2.24) is 0 Å². The fourth-order valence-electron chi connectivity index (χ4n) is 14.2. The van der Waals surface area contributed by atoms with Crippen molar-refractivity contribution in [3.8, 4) is 0 Å². The highest BCUT2D eigenvalue weighted by Crippen LogP contribution is 2.52. The van der Waals surface area contributed by atoms with Crippen molar-refractivity contribution in [3.05, 3.63) is 284 Å². The van der Waals surface area contributed by atoms with Crippen LogP contribution in [-0.2, 0) is 84.8 Å². The first-order chi connectivity index (χ1) is 58.4. The van der Waals surface area contributed by atoms with Crippen molar-refractivity contribution in [2.24, 2.45) is 0 Å². The van der Waals surface area contributed by atoms with Crippen molar-refractivity contribution >= 4 is 227 Å². The van der Waals surface area contributed by atoms with E-state index >= 15 is 0 Å². The topological polar surface area (TPSA) is 185 Å². The summed E-state index contributed by atoms with van der Waals surface area (Å²) in [6, 6.07) is 66.5. The monoisotopic (exact) mass is 1940 g/mol. The molecular formula is C88H120O20Si16. The minimum Gasteiger partial charge on any atom is -0.416 e. The highest BCUT2D eigenvalue weighted by atomic mass is 28.6. The van der Waals surface area contributed by atoms with Crippen LogP contribution in [0.4, 0.5) is 0 Å². The molecule has 0 radical (unpaired) electrons. The molecule has 6 fully saturated rings. The summed E-state index contributed by atoms with van der Waals surface area (Å²) < 4.78 is 151. The van der Waals surface area contributed by atoms with Crippen molar-refractivity contribution in [1.29, 1.82) is 0 Å². The van der Waals surface area contributed by atoms with Gasteiger partial charge in [0, 0.05) is 56.9 Å². The molecule has 0 aliphatic carbocycles. The third-order valence-electron chi connectivity index (χ3n) is 24.2. The summed E-state index contributed by atoms with van der Waals surface area (Å²) in [6.07, 6.45) is 15.5. The molecule has 6 saturated heterocycles. The van der Waals surface area contributed by atoms with Gasteiger partial charge in [-0.3, -0.25) is 0 Å². The summed E-state index contributed by atoms with van der Waals surface area (Å²) in [6.45, 7) is 34.7. The normalized spacial score (nSPS) is 25.6. The molecule has 36 heteroatoms. The van der Waals surface area contributed by atoms with E-state index in [0.717, 1.165) is 86.0 Å². The molecule has 0 unspecified atom stereocenters. The Morgan fingerprint density at radius 1 is 0.153 bits per heavy atom. The van der Waals surface area contributed by atoms with Gasteiger partial charge in [0.05, 0.1) is 0 Å². The van der Waals surface area contributed by atoms with Gasteiger partial charge in [-0.1, -0.05) is 243 Å². The molecule has 124 heavy (non-hydrogen) atoms.